The molecule has 2 aromatic rings. The molecule has 0 radical (unpaired) electrons. The SMILES string of the molecule is NS(=O)(=O)c1ccc(OCCC(F)(F)F)c2cccnc12. The van der Waals surface area contributed by atoms with Gasteiger partial charge in [0.05, 0.1) is 18.5 Å². The maximum Gasteiger partial charge on any atom is 0.392 e. The highest BCUT2D eigenvalue weighted by molar-refractivity contribution is 7.89. The number of primary sulfonamides is 1. The molecule has 0 saturated carbocycles. The van der Waals surface area contributed by atoms with Gasteiger partial charge in [-0.2, -0.15) is 13.2 Å². The van der Waals surface area contributed by atoms with Crippen LogP contribution in [0.15, 0.2) is 35.4 Å². The van der Waals surface area contributed by atoms with Gasteiger partial charge in [-0.15, -0.1) is 0 Å². The van der Waals surface area contributed by atoms with E-state index >= 15 is 0 Å². The molecule has 0 fully saturated rings. The maximum atomic E-state index is 12.1. The lowest BCUT2D eigenvalue weighted by atomic mass is 10.2. The summed E-state index contributed by atoms with van der Waals surface area (Å²) in [6.45, 7) is -0.567. The number of nitrogens with two attached hydrogens (primary N) is 1. The lowest BCUT2D eigenvalue weighted by Crippen LogP contribution is -2.14. The van der Waals surface area contributed by atoms with Crippen molar-refractivity contribution in [3.8, 4) is 5.75 Å². The minimum atomic E-state index is -4.32. The first-order valence-corrected chi connectivity index (χ1v) is 7.33. The van der Waals surface area contributed by atoms with Crippen LogP contribution in [0.25, 0.3) is 10.9 Å². The van der Waals surface area contributed by atoms with Crippen molar-refractivity contribution in [2.75, 3.05) is 6.61 Å². The highest BCUT2D eigenvalue weighted by Gasteiger charge is 2.27. The minimum absolute atomic E-state index is 0.0597. The summed E-state index contributed by atoms with van der Waals surface area (Å²) < 4.78 is 64.3. The van der Waals surface area contributed by atoms with Crippen LogP contribution in [0.3, 0.4) is 0 Å². The van der Waals surface area contributed by atoms with Gasteiger partial charge in [-0.3, -0.25) is 4.98 Å². The van der Waals surface area contributed by atoms with Crippen LogP contribution in [0.2, 0.25) is 0 Å². The van der Waals surface area contributed by atoms with E-state index < -0.39 is 29.2 Å². The standard InChI is InChI=1S/C12H11F3N2O3S/c13-12(14,15)5-7-20-9-3-4-10(21(16,18)19)11-8(9)2-1-6-17-11/h1-4,6H,5,7H2,(H2,16,18,19). The van der Waals surface area contributed by atoms with Crippen LogP contribution < -0.4 is 9.88 Å². The Hall–Kier alpha value is -1.87. The summed E-state index contributed by atoms with van der Waals surface area (Å²) in [6, 6.07) is 5.44. The van der Waals surface area contributed by atoms with Crippen LogP contribution in [0.4, 0.5) is 13.2 Å². The lowest BCUT2D eigenvalue weighted by Gasteiger charge is -2.12. The number of ether oxygens (including phenoxy) is 1. The molecular weight excluding hydrogens is 309 g/mol. The van der Waals surface area contributed by atoms with Crippen LogP contribution in [0, 0.1) is 0 Å². The topological polar surface area (TPSA) is 82.3 Å². The van der Waals surface area contributed by atoms with E-state index in [9.17, 15) is 21.6 Å². The quantitative estimate of drug-likeness (QED) is 0.936. The summed E-state index contributed by atoms with van der Waals surface area (Å²) in [6.07, 6.45) is -4.07. The Labute approximate surface area is 118 Å². The number of alkyl halides is 3. The van der Waals surface area contributed by atoms with Crippen LogP contribution in [0.1, 0.15) is 6.42 Å². The van der Waals surface area contributed by atoms with Crippen LogP contribution in [0.5, 0.6) is 5.75 Å². The Balaban J connectivity index is 2.39. The van der Waals surface area contributed by atoms with Crippen LogP contribution in [-0.2, 0) is 10.0 Å². The molecule has 0 saturated heterocycles. The molecule has 2 rings (SSSR count). The van der Waals surface area contributed by atoms with E-state index in [4.69, 9.17) is 9.88 Å². The van der Waals surface area contributed by atoms with Gasteiger partial charge in [-0.1, -0.05) is 0 Å². The fraction of sp³-hybridized carbons (Fsp3) is 0.250. The van der Waals surface area contributed by atoms with Gasteiger partial charge in [0.15, 0.2) is 0 Å². The predicted molar refractivity (Wildman–Crippen MR) is 69.3 cm³/mol. The first-order valence-electron chi connectivity index (χ1n) is 5.78. The molecule has 114 valence electrons. The zero-order chi connectivity index (χ0) is 15.7. The smallest absolute Gasteiger partial charge is 0.392 e. The Morgan fingerprint density at radius 2 is 1.95 bits per heavy atom. The van der Waals surface area contributed by atoms with E-state index in [1.54, 1.807) is 0 Å². The molecule has 1 heterocycles. The first kappa shape index (κ1) is 15.5. The number of sulfonamides is 1. The second-order valence-corrected chi connectivity index (χ2v) is 5.75. The monoisotopic (exact) mass is 320 g/mol. The molecule has 0 bridgehead atoms. The van der Waals surface area contributed by atoms with Gasteiger partial charge >= 0.3 is 6.18 Å². The third-order valence-corrected chi connectivity index (χ3v) is 3.58. The van der Waals surface area contributed by atoms with Crippen molar-refractivity contribution in [2.45, 2.75) is 17.5 Å². The molecule has 1 aromatic carbocycles. The van der Waals surface area contributed by atoms with Crippen LogP contribution >= 0.6 is 0 Å². The molecular formula is C12H11F3N2O3S. The highest BCUT2D eigenvalue weighted by atomic mass is 32.2. The number of rotatable bonds is 4. The summed E-state index contributed by atoms with van der Waals surface area (Å²) in [7, 11) is -3.99. The summed E-state index contributed by atoms with van der Waals surface area (Å²) in [5.74, 6) is 0.120. The summed E-state index contributed by atoms with van der Waals surface area (Å²) in [4.78, 5) is 3.70. The lowest BCUT2D eigenvalue weighted by molar-refractivity contribution is -0.139. The summed E-state index contributed by atoms with van der Waals surface area (Å²) in [5, 5.41) is 5.36. The average molecular weight is 320 g/mol. The van der Waals surface area contributed by atoms with Crippen molar-refractivity contribution < 1.29 is 26.3 Å². The van der Waals surface area contributed by atoms with Gasteiger partial charge in [-0.05, 0) is 24.3 Å². The summed E-state index contributed by atoms with van der Waals surface area (Å²) >= 11 is 0. The normalized spacial score (nSPS) is 12.6. The highest BCUT2D eigenvalue weighted by Crippen LogP contribution is 2.29. The minimum Gasteiger partial charge on any atom is -0.493 e. The number of nitrogens with zero attached hydrogens (tertiary/aromatic N) is 1. The van der Waals surface area contributed by atoms with Gasteiger partial charge in [0.2, 0.25) is 10.0 Å². The molecule has 2 N–H and O–H groups in total. The number of halogens is 3. The second kappa shape index (κ2) is 5.49. The molecule has 1 aromatic heterocycles. The van der Waals surface area contributed by atoms with Gasteiger partial charge < -0.3 is 4.74 Å². The fourth-order valence-electron chi connectivity index (χ4n) is 1.75. The molecule has 5 nitrogen and oxygen atoms in total. The van der Waals surface area contributed by atoms with E-state index in [2.05, 4.69) is 4.98 Å². The van der Waals surface area contributed by atoms with Gasteiger partial charge in [0.1, 0.15) is 10.6 Å². The Morgan fingerprint density at radius 3 is 2.57 bits per heavy atom. The second-order valence-electron chi connectivity index (χ2n) is 4.22. The van der Waals surface area contributed by atoms with Crippen LogP contribution in [-0.4, -0.2) is 26.2 Å². The summed E-state index contributed by atoms with van der Waals surface area (Å²) in [5.41, 5.74) is 0.0597. The third-order valence-electron chi connectivity index (χ3n) is 2.64. The fourth-order valence-corrected chi connectivity index (χ4v) is 2.44. The maximum absolute atomic E-state index is 12.1. The van der Waals surface area contributed by atoms with E-state index in [-0.39, 0.29) is 21.5 Å². The van der Waals surface area contributed by atoms with E-state index in [1.807, 2.05) is 0 Å². The number of aromatic nitrogens is 1. The predicted octanol–water partition coefficient (Wildman–Crippen LogP) is 2.21. The molecule has 0 aliphatic carbocycles. The van der Waals surface area contributed by atoms with Crippen molar-refractivity contribution in [3.63, 3.8) is 0 Å². The molecule has 0 aliphatic heterocycles. The van der Waals surface area contributed by atoms with E-state index in [1.165, 1.54) is 24.4 Å². The van der Waals surface area contributed by atoms with Crippen molar-refractivity contribution in [1.29, 1.82) is 0 Å². The van der Waals surface area contributed by atoms with Gasteiger partial charge in [0.25, 0.3) is 0 Å². The Morgan fingerprint density at radius 1 is 1.24 bits per heavy atom. The number of pyridine rings is 1. The largest absolute Gasteiger partial charge is 0.493 e. The molecule has 0 aliphatic rings. The zero-order valence-corrected chi connectivity index (χ0v) is 11.4. The van der Waals surface area contributed by atoms with Crippen molar-refractivity contribution in [1.82, 2.24) is 4.98 Å². The average Bonchev–Trinajstić information content (AvgIpc) is 2.36. The third kappa shape index (κ3) is 3.82. The number of benzene rings is 1. The van der Waals surface area contributed by atoms with Gasteiger partial charge in [-0.25, -0.2) is 13.6 Å². The molecule has 9 heteroatoms. The zero-order valence-electron chi connectivity index (χ0n) is 10.6. The molecule has 0 amide bonds. The molecule has 0 unspecified atom stereocenters. The first-order chi connectivity index (χ1) is 9.68. The van der Waals surface area contributed by atoms with E-state index in [0.29, 0.717) is 0 Å². The number of hydrogen-bond acceptors (Lipinski definition) is 4. The Bertz CT molecular complexity index is 760. The Kier molecular flexibility index (Phi) is 4.06. The number of fused-ring (bicyclic) bond motifs is 1. The molecule has 0 atom stereocenters. The van der Waals surface area contributed by atoms with Crippen molar-refractivity contribution in [2.24, 2.45) is 5.14 Å². The molecule has 21 heavy (non-hydrogen) atoms. The van der Waals surface area contributed by atoms with Crippen molar-refractivity contribution in [3.05, 3.63) is 30.5 Å². The van der Waals surface area contributed by atoms with Crippen molar-refractivity contribution >= 4 is 20.9 Å². The van der Waals surface area contributed by atoms with E-state index in [0.717, 1.165) is 6.07 Å². The van der Waals surface area contributed by atoms with Gasteiger partial charge in [0, 0.05) is 11.6 Å². The molecule has 0 spiro atoms. The number of hydrogen-bond donors (Lipinski definition) is 1.